The van der Waals surface area contributed by atoms with Crippen molar-refractivity contribution in [1.82, 2.24) is 9.55 Å². The van der Waals surface area contributed by atoms with Crippen molar-refractivity contribution in [1.29, 1.82) is 0 Å². The van der Waals surface area contributed by atoms with Gasteiger partial charge in [-0.1, -0.05) is 18.2 Å². The number of anilines is 1. The smallest absolute Gasteiger partial charge is 0.272 e. The highest BCUT2D eigenvalue weighted by Gasteiger charge is 2.19. The Hall–Kier alpha value is -3.74. The number of rotatable bonds is 2. The topological polar surface area (TPSA) is 85.3 Å². The van der Waals surface area contributed by atoms with Crippen molar-refractivity contribution < 1.29 is 14.3 Å². The minimum atomic E-state index is -0.309. The Labute approximate surface area is 153 Å². The van der Waals surface area contributed by atoms with Gasteiger partial charge in [0.1, 0.15) is 5.69 Å². The van der Waals surface area contributed by atoms with Crippen LogP contribution in [-0.4, -0.2) is 22.3 Å². The number of nitrogens with zero attached hydrogens (tertiary/aromatic N) is 1. The van der Waals surface area contributed by atoms with Gasteiger partial charge in [-0.05, 0) is 24.3 Å². The largest absolute Gasteiger partial charge is 0.454 e. The standard InChI is InChI=1S/C20H15N3O4/c1-23-15(20(25)21-11-6-7-16-17(8-11)27-10-26-16)9-13-18(23)12-4-2-3-5-14(12)22-19(13)24/h2-9H,10H2,1H3,(H,21,25)(H,22,24). The van der Waals surface area contributed by atoms with Gasteiger partial charge in [0.2, 0.25) is 6.79 Å². The number of hydrogen-bond acceptors (Lipinski definition) is 4. The number of benzene rings is 2. The third-order valence-electron chi connectivity index (χ3n) is 4.77. The summed E-state index contributed by atoms with van der Waals surface area (Å²) in [6.45, 7) is 0.172. The van der Waals surface area contributed by atoms with Crippen LogP contribution in [0.2, 0.25) is 0 Å². The van der Waals surface area contributed by atoms with E-state index in [-0.39, 0.29) is 18.3 Å². The van der Waals surface area contributed by atoms with Gasteiger partial charge in [-0.2, -0.15) is 0 Å². The van der Waals surface area contributed by atoms with E-state index in [0.29, 0.717) is 28.3 Å². The molecule has 1 aliphatic rings. The predicted octanol–water partition coefficient (Wildman–Crippen LogP) is 3.00. The Morgan fingerprint density at radius 1 is 1.07 bits per heavy atom. The third kappa shape index (κ3) is 2.36. The molecule has 0 bridgehead atoms. The molecule has 0 unspecified atom stereocenters. The van der Waals surface area contributed by atoms with E-state index in [4.69, 9.17) is 9.47 Å². The molecule has 1 amide bonds. The first-order valence-electron chi connectivity index (χ1n) is 8.43. The molecule has 7 nitrogen and oxygen atoms in total. The Bertz CT molecular complexity index is 1290. The van der Waals surface area contributed by atoms with Crippen molar-refractivity contribution in [2.45, 2.75) is 0 Å². The minimum Gasteiger partial charge on any atom is -0.454 e. The van der Waals surface area contributed by atoms with Gasteiger partial charge in [0.25, 0.3) is 11.5 Å². The molecule has 27 heavy (non-hydrogen) atoms. The van der Waals surface area contributed by atoms with Crippen LogP contribution in [0.3, 0.4) is 0 Å². The second kappa shape index (κ2) is 5.63. The Kier molecular flexibility index (Phi) is 3.24. The SMILES string of the molecule is Cn1c(C(=O)Nc2ccc3c(c2)OCO3)cc2c(=O)[nH]c3ccccc3c21. The molecule has 0 fully saturated rings. The summed E-state index contributed by atoms with van der Waals surface area (Å²) in [6, 6.07) is 14.4. The summed E-state index contributed by atoms with van der Waals surface area (Å²) in [7, 11) is 1.78. The molecule has 134 valence electrons. The van der Waals surface area contributed by atoms with Gasteiger partial charge < -0.3 is 24.3 Å². The first-order chi connectivity index (χ1) is 13.1. The van der Waals surface area contributed by atoms with Crippen LogP contribution >= 0.6 is 0 Å². The molecule has 3 heterocycles. The highest BCUT2D eigenvalue weighted by molar-refractivity contribution is 6.11. The molecular formula is C20H15N3O4. The highest BCUT2D eigenvalue weighted by Crippen LogP contribution is 2.34. The van der Waals surface area contributed by atoms with Gasteiger partial charge in [-0.3, -0.25) is 9.59 Å². The van der Waals surface area contributed by atoms with Crippen LogP contribution in [0.1, 0.15) is 10.5 Å². The second-order valence-electron chi connectivity index (χ2n) is 6.37. The zero-order valence-electron chi connectivity index (χ0n) is 14.4. The molecule has 2 aromatic carbocycles. The monoisotopic (exact) mass is 361 g/mol. The molecule has 0 atom stereocenters. The number of amides is 1. The zero-order chi connectivity index (χ0) is 18.5. The van der Waals surface area contributed by atoms with Crippen LogP contribution in [0, 0.1) is 0 Å². The maximum Gasteiger partial charge on any atom is 0.272 e. The lowest BCUT2D eigenvalue weighted by Crippen LogP contribution is -2.15. The van der Waals surface area contributed by atoms with Crippen molar-refractivity contribution in [3.8, 4) is 11.5 Å². The lowest BCUT2D eigenvalue weighted by molar-refractivity contribution is 0.102. The molecule has 0 saturated heterocycles. The van der Waals surface area contributed by atoms with E-state index in [2.05, 4.69) is 10.3 Å². The van der Waals surface area contributed by atoms with Crippen LogP contribution in [0.15, 0.2) is 53.3 Å². The van der Waals surface area contributed by atoms with Gasteiger partial charge in [0.05, 0.1) is 16.4 Å². The number of nitrogens with one attached hydrogen (secondary N) is 2. The summed E-state index contributed by atoms with van der Waals surface area (Å²) in [6.07, 6.45) is 0. The number of para-hydroxylation sites is 1. The molecule has 2 N–H and O–H groups in total. The summed E-state index contributed by atoms with van der Waals surface area (Å²) in [5.41, 5.74) is 2.23. The number of carbonyl (C=O) groups excluding carboxylic acids is 1. The van der Waals surface area contributed by atoms with Crippen molar-refractivity contribution in [3.05, 3.63) is 64.6 Å². The normalized spacial score (nSPS) is 12.6. The lowest BCUT2D eigenvalue weighted by Gasteiger charge is -2.08. The average Bonchev–Trinajstić information content (AvgIpc) is 3.26. The first-order valence-corrected chi connectivity index (χ1v) is 8.43. The molecule has 5 rings (SSSR count). The summed E-state index contributed by atoms with van der Waals surface area (Å²) in [4.78, 5) is 28.1. The van der Waals surface area contributed by atoms with Gasteiger partial charge in [-0.15, -0.1) is 0 Å². The zero-order valence-corrected chi connectivity index (χ0v) is 14.4. The molecular weight excluding hydrogens is 346 g/mol. The number of aryl methyl sites for hydroxylation is 1. The quantitative estimate of drug-likeness (QED) is 0.575. The van der Waals surface area contributed by atoms with Crippen LogP contribution < -0.4 is 20.3 Å². The Morgan fingerprint density at radius 3 is 2.78 bits per heavy atom. The fourth-order valence-corrected chi connectivity index (χ4v) is 3.48. The molecule has 7 heteroatoms. The van der Waals surface area contributed by atoms with E-state index in [1.165, 1.54) is 0 Å². The third-order valence-corrected chi connectivity index (χ3v) is 4.77. The van der Waals surface area contributed by atoms with E-state index in [1.807, 2.05) is 24.3 Å². The van der Waals surface area contributed by atoms with Gasteiger partial charge in [0.15, 0.2) is 11.5 Å². The number of fused-ring (bicyclic) bond motifs is 4. The molecule has 0 saturated carbocycles. The van der Waals surface area contributed by atoms with Gasteiger partial charge >= 0.3 is 0 Å². The molecule has 0 radical (unpaired) electrons. The van der Waals surface area contributed by atoms with Crippen molar-refractivity contribution in [2.75, 3.05) is 12.1 Å². The number of aromatic amines is 1. The second-order valence-corrected chi connectivity index (χ2v) is 6.37. The van der Waals surface area contributed by atoms with E-state index >= 15 is 0 Å². The van der Waals surface area contributed by atoms with Gasteiger partial charge in [0, 0.05) is 24.2 Å². The van der Waals surface area contributed by atoms with Crippen molar-refractivity contribution >= 4 is 33.4 Å². The van der Waals surface area contributed by atoms with Crippen LogP contribution in [0.5, 0.6) is 11.5 Å². The number of pyridine rings is 1. The Morgan fingerprint density at radius 2 is 1.89 bits per heavy atom. The molecule has 0 spiro atoms. The number of hydrogen-bond donors (Lipinski definition) is 2. The summed E-state index contributed by atoms with van der Waals surface area (Å²) in [5, 5.41) is 4.21. The number of aromatic nitrogens is 2. The fraction of sp³-hybridized carbons (Fsp3) is 0.100. The summed E-state index contributed by atoms with van der Waals surface area (Å²) >= 11 is 0. The average molecular weight is 361 g/mol. The van der Waals surface area contributed by atoms with E-state index in [1.54, 1.807) is 35.9 Å². The van der Waals surface area contributed by atoms with Crippen LogP contribution in [0.25, 0.3) is 21.8 Å². The maximum absolute atomic E-state index is 12.8. The number of H-pyrrole nitrogens is 1. The van der Waals surface area contributed by atoms with Crippen molar-refractivity contribution in [2.24, 2.45) is 7.05 Å². The van der Waals surface area contributed by atoms with E-state index in [9.17, 15) is 9.59 Å². The summed E-state index contributed by atoms with van der Waals surface area (Å²) < 4.78 is 12.4. The molecule has 1 aliphatic heterocycles. The first kappa shape index (κ1) is 15.5. The van der Waals surface area contributed by atoms with Crippen LogP contribution in [0.4, 0.5) is 5.69 Å². The van der Waals surface area contributed by atoms with Gasteiger partial charge in [-0.25, -0.2) is 0 Å². The molecule has 2 aromatic heterocycles. The number of ether oxygens (including phenoxy) is 2. The highest BCUT2D eigenvalue weighted by atomic mass is 16.7. The van der Waals surface area contributed by atoms with Crippen molar-refractivity contribution in [3.63, 3.8) is 0 Å². The number of carbonyl (C=O) groups is 1. The lowest BCUT2D eigenvalue weighted by atomic mass is 10.1. The van der Waals surface area contributed by atoms with E-state index < -0.39 is 0 Å². The summed E-state index contributed by atoms with van der Waals surface area (Å²) in [5.74, 6) is 0.930. The van der Waals surface area contributed by atoms with Crippen LogP contribution in [-0.2, 0) is 7.05 Å². The minimum absolute atomic E-state index is 0.172. The molecule has 4 aromatic rings. The Balaban J connectivity index is 1.59. The maximum atomic E-state index is 12.8. The van der Waals surface area contributed by atoms with E-state index in [0.717, 1.165) is 16.4 Å². The molecule has 0 aliphatic carbocycles. The fourth-order valence-electron chi connectivity index (χ4n) is 3.48. The predicted molar refractivity (Wildman–Crippen MR) is 102 cm³/mol.